The van der Waals surface area contributed by atoms with Gasteiger partial charge in [0, 0.05) is 12.6 Å². The van der Waals surface area contributed by atoms with Gasteiger partial charge >= 0.3 is 6.09 Å². The molecule has 8 heteroatoms. The molecule has 3 aromatic rings. The number of primary amides is 1. The van der Waals surface area contributed by atoms with Crippen molar-refractivity contribution in [2.24, 2.45) is 5.73 Å². The van der Waals surface area contributed by atoms with Gasteiger partial charge in [0.25, 0.3) is 5.56 Å². The number of carbonyl (C=O) groups excluding carboxylic acids is 1. The monoisotopic (exact) mass is 427 g/mol. The number of aromatic nitrogens is 2. The lowest BCUT2D eigenvalue weighted by molar-refractivity contribution is 0.0367. The fourth-order valence-corrected chi connectivity index (χ4v) is 3.44. The van der Waals surface area contributed by atoms with Gasteiger partial charge in [0.2, 0.25) is 0 Å². The highest BCUT2D eigenvalue weighted by molar-refractivity contribution is 5.79. The van der Waals surface area contributed by atoms with Gasteiger partial charge in [0.1, 0.15) is 29.6 Å². The molecule has 1 aromatic heterocycles. The van der Waals surface area contributed by atoms with Gasteiger partial charge in [-0.25, -0.2) is 14.2 Å². The number of rotatable bonds is 8. The van der Waals surface area contributed by atoms with Gasteiger partial charge < -0.3 is 15.2 Å². The van der Waals surface area contributed by atoms with E-state index in [0.717, 1.165) is 0 Å². The minimum atomic E-state index is -0.818. The summed E-state index contributed by atoms with van der Waals surface area (Å²) in [6.07, 6.45) is 0.344. The molecule has 0 bridgehead atoms. The molecular weight excluding hydrogens is 401 g/mol. The fourth-order valence-electron chi connectivity index (χ4n) is 3.44. The summed E-state index contributed by atoms with van der Waals surface area (Å²) in [7, 11) is 0. The Balaban J connectivity index is 1.73. The molecule has 2 N–H and O–H groups in total. The minimum Gasteiger partial charge on any atom is -0.489 e. The van der Waals surface area contributed by atoms with E-state index in [9.17, 15) is 14.0 Å². The van der Waals surface area contributed by atoms with Crippen LogP contribution in [0.3, 0.4) is 0 Å². The number of fused-ring (bicyclic) bond motifs is 1. The van der Waals surface area contributed by atoms with Gasteiger partial charge in [-0.3, -0.25) is 9.36 Å². The molecule has 0 aliphatic carbocycles. The predicted octanol–water partition coefficient (Wildman–Crippen LogP) is 4.08. The summed E-state index contributed by atoms with van der Waals surface area (Å²) < 4.78 is 25.7. The van der Waals surface area contributed by atoms with Gasteiger partial charge in [0.15, 0.2) is 0 Å². The van der Waals surface area contributed by atoms with Crippen molar-refractivity contribution in [1.29, 1.82) is 0 Å². The maximum absolute atomic E-state index is 13.3. The second-order valence-electron chi connectivity index (χ2n) is 8.00. The van der Waals surface area contributed by atoms with E-state index >= 15 is 0 Å². The summed E-state index contributed by atoms with van der Waals surface area (Å²) >= 11 is 0. The van der Waals surface area contributed by atoms with E-state index in [4.69, 9.17) is 15.2 Å². The molecule has 1 heterocycles. The van der Waals surface area contributed by atoms with Gasteiger partial charge in [0.05, 0.1) is 10.9 Å². The summed E-state index contributed by atoms with van der Waals surface area (Å²) in [5.74, 6) is 0.807. The van der Waals surface area contributed by atoms with Crippen LogP contribution in [0.25, 0.3) is 10.9 Å². The largest absolute Gasteiger partial charge is 0.489 e. The zero-order valence-corrected chi connectivity index (χ0v) is 17.9. The molecule has 0 saturated carbocycles. The number of nitrogens with two attached hydrogens (primary N) is 1. The van der Waals surface area contributed by atoms with E-state index in [0.29, 0.717) is 47.4 Å². The van der Waals surface area contributed by atoms with Crippen LogP contribution in [0.5, 0.6) is 5.75 Å². The van der Waals surface area contributed by atoms with Crippen molar-refractivity contribution in [3.05, 3.63) is 70.0 Å². The van der Waals surface area contributed by atoms with Crippen molar-refractivity contribution in [2.75, 3.05) is 0 Å². The molecule has 3 rings (SSSR count). The van der Waals surface area contributed by atoms with Crippen LogP contribution in [0, 0.1) is 12.7 Å². The van der Waals surface area contributed by atoms with E-state index < -0.39 is 11.7 Å². The summed E-state index contributed by atoms with van der Waals surface area (Å²) in [4.78, 5) is 28.5. The first-order valence-corrected chi connectivity index (χ1v) is 10.0. The SMILES string of the molecule is Cc1nc2cc(OCc3cccc(F)c3)ccc2c(=O)n1CCCC(C)(C)OC(N)=O. The minimum absolute atomic E-state index is 0.146. The molecule has 0 fully saturated rings. The summed E-state index contributed by atoms with van der Waals surface area (Å²) in [6.45, 7) is 5.97. The van der Waals surface area contributed by atoms with Crippen molar-refractivity contribution >= 4 is 17.0 Å². The van der Waals surface area contributed by atoms with Crippen molar-refractivity contribution in [2.45, 2.75) is 52.4 Å². The number of amides is 1. The molecule has 7 nitrogen and oxygen atoms in total. The fraction of sp³-hybridized carbons (Fsp3) is 0.348. The van der Waals surface area contributed by atoms with E-state index in [1.165, 1.54) is 12.1 Å². The van der Waals surface area contributed by atoms with E-state index in [1.54, 1.807) is 55.7 Å². The van der Waals surface area contributed by atoms with E-state index in [1.807, 2.05) is 0 Å². The predicted molar refractivity (Wildman–Crippen MR) is 115 cm³/mol. The summed E-state index contributed by atoms with van der Waals surface area (Å²) in [6, 6.07) is 11.3. The average Bonchev–Trinajstić information content (AvgIpc) is 2.67. The van der Waals surface area contributed by atoms with Crippen LogP contribution >= 0.6 is 0 Å². The topological polar surface area (TPSA) is 96.4 Å². The quantitative estimate of drug-likeness (QED) is 0.584. The zero-order valence-electron chi connectivity index (χ0n) is 17.9. The maximum atomic E-state index is 13.3. The Morgan fingerprint density at radius 2 is 2.00 bits per heavy atom. The average molecular weight is 427 g/mol. The number of aryl methyl sites for hydroxylation is 1. The van der Waals surface area contributed by atoms with Gasteiger partial charge in [-0.2, -0.15) is 0 Å². The number of nitrogens with zero attached hydrogens (tertiary/aromatic N) is 2. The molecule has 0 aliphatic heterocycles. The number of halogens is 1. The van der Waals surface area contributed by atoms with Crippen molar-refractivity contribution in [3.63, 3.8) is 0 Å². The number of carbonyl (C=O) groups is 1. The molecule has 0 saturated heterocycles. The van der Waals surface area contributed by atoms with E-state index in [2.05, 4.69) is 4.98 Å². The van der Waals surface area contributed by atoms with Gasteiger partial charge in [-0.05, 0) is 63.4 Å². The third kappa shape index (κ3) is 5.81. The first-order chi connectivity index (χ1) is 14.6. The maximum Gasteiger partial charge on any atom is 0.405 e. The van der Waals surface area contributed by atoms with Gasteiger partial charge in [-0.1, -0.05) is 12.1 Å². The molecule has 0 unspecified atom stereocenters. The van der Waals surface area contributed by atoms with Crippen LogP contribution in [0.4, 0.5) is 9.18 Å². The first kappa shape index (κ1) is 22.3. The van der Waals surface area contributed by atoms with Crippen LogP contribution in [0.1, 0.15) is 38.1 Å². The van der Waals surface area contributed by atoms with E-state index in [-0.39, 0.29) is 18.0 Å². The second-order valence-corrected chi connectivity index (χ2v) is 8.00. The number of ether oxygens (including phenoxy) is 2. The molecule has 31 heavy (non-hydrogen) atoms. The first-order valence-electron chi connectivity index (χ1n) is 10.0. The molecule has 164 valence electrons. The molecule has 0 spiro atoms. The molecule has 0 atom stereocenters. The zero-order chi connectivity index (χ0) is 22.6. The van der Waals surface area contributed by atoms with Crippen molar-refractivity contribution in [3.8, 4) is 5.75 Å². The Hall–Kier alpha value is -3.42. The Bertz CT molecular complexity index is 1160. The summed E-state index contributed by atoms with van der Waals surface area (Å²) in [5.41, 5.74) is 5.49. The lowest BCUT2D eigenvalue weighted by Gasteiger charge is -2.24. The number of hydrogen-bond acceptors (Lipinski definition) is 5. The highest BCUT2D eigenvalue weighted by Gasteiger charge is 2.21. The highest BCUT2D eigenvalue weighted by atomic mass is 19.1. The Morgan fingerprint density at radius 1 is 1.23 bits per heavy atom. The Morgan fingerprint density at radius 3 is 2.71 bits per heavy atom. The van der Waals surface area contributed by atoms with Crippen LogP contribution in [0.15, 0.2) is 47.3 Å². The Kier molecular flexibility index (Phi) is 6.58. The van der Waals surface area contributed by atoms with Crippen LogP contribution < -0.4 is 16.0 Å². The van der Waals surface area contributed by atoms with Crippen molar-refractivity contribution in [1.82, 2.24) is 9.55 Å². The smallest absolute Gasteiger partial charge is 0.405 e. The lowest BCUT2D eigenvalue weighted by Crippen LogP contribution is -2.32. The summed E-state index contributed by atoms with van der Waals surface area (Å²) in [5, 5.41) is 0.483. The third-order valence-corrected chi connectivity index (χ3v) is 4.95. The van der Waals surface area contributed by atoms with Crippen LogP contribution in [-0.2, 0) is 17.9 Å². The molecule has 2 aromatic carbocycles. The number of hydrogen-bond donors (Lipinski definition) is 1. The molecule has 1 amide bonds. The van der Waals surface area contributed by atoms with Crippen LogP contribution in [-0.4, -0.2) is 21.2 Å². The second kappa shape index (κ2) is 9.16. The van der Waals surface area contributed by atoms with Crippen molar-refractivity contribution < 1.29 is 18.7 Å². The highest BCUT2D eigenvalue weighted by Crippen LogP contribution is 2.20. The lowest BCUT2D eigenvalue weighted by atomic mass is 10.0. The van der Waals surface area contributed by atoms with Gasteiger partial charge in [-0.15, -0.1) is 0 Å². The molecule has 0 aliphatic rings. The molecule has 0 radical (unpaired) electrons. The molecular formula is C23H26FN3O4. The Labute approximate surface area is 179 Å². The third-order valence-electron chi connectivity index (χ3n) is 4.95. The standard InChI is InChI=1S/C23H26FN3O4/c1-15-26-20-13-18(30-14-16-6-4-7-17(24)12-16)8-9-19(20)21(28)27(15)11-5-10-23(2,3)31-22(25)29/h4,6-9,12-13H,5,10-11,14H2,1-3H3,(H2,25,29). The van der Waals surface area contributed by atoms with Crippen LogP contribution in [0.2, 0.25) is 0 Å². The number of benzene rings is 2. The normalized spacial score (nSPS) is 11.5.